The molecule has 2 aromatic carbocycles. The number of fused-ring (bicyclic) bond motifs is 1. The van der Waals surface area contributed by atoms with Crippen molar-refractivity contribution in [2.45, 2.75) is 58.1 Å². The van der Waals surface area contributed by atoms with Crippen LogP contribution >= 0.6 is 0 Å². The van der Waals surface area contributed by atoms with Crippen LogP contribution in [0.15, 0.2) is 42.5 Å². The van der Waals surface area contributed by atoms with Crippen molar-refractivity contribution in [2.75, 3.05) is 0 Å². The molecular weight excluding hydrogens is 326 g/mol. The van der Waals surface area contributed by atoms with E-state index in [2.05, 4.69) is 5.32 Å². The Hall–Kier alpha value is -2.36. The molecular formula is C22H27NO3. The molecule has 1 aliphatic rings. The lowest BCUT2D eigenvalue weighted by Crippen LogP contribution is -2.41. The molecule has 1 N–H and O–H groups in total. The van der Waals surface area contributed by atoms with Crippen molar-refractivity contribution in [3.05, 3.63) is 48.0 Å². The van der Waals surface area contributed by atoms with Crippen LogP contribution in [0.1, 0.15) is 56.8 Å². The first-order chi connectivity index (χ1) is 12.3. The van der Waals surface area contributed by atoms with Crippen LogP contribution < -0.4 is 5.32 Å². The topological polar surface area (TPSA) is 55.4 Å². The molecule has 26 heavy (non-hydrogen) atoms. The fraction of sp³-hybridized carbons (Fsp3) is 0.455. The number of Topliss-reactive ketones (excluding diaryl/α,β-unsaturated/α-hetero) is 1. The van der Waals surface area contributed by atoms with E-state index in [9.17, 15) is 9.59 Å². The fourth-order valence-corrected chi connectivity index (χ4v) is 3.65. The Morgan fingerprint density at radius 3 is 2.54 bits per heavy atom. The summed E-state index contributed by atoms with van der Waals surface area (Å²) >= 11 is 0. The molecule has 0 heterocycles. The van der Waals surface area contributed by atoms with Gasteiger partial charge in [-0.25, -0.2) is 4.79 Å². The summed E-state index contributed by atoms with van der Waals surface area (Å²) < 4.78 is 5.35. The Morgan fingerprint density at radius 2 is 1.81 bits per heavy atom. The highest BCUT2D eigenvalue weighted by atomic mass is 16.6. The number of carbonyl (C=O) groups excluding carboxylic acids is 2. The van der Waals surface area contributed by atoms with Gasteiger partial charge in [0, 0.05) is 18.0 Å². The summed E-state index contributed by atoms with van der Waals surface area (Å²) in [4.78, 5) is 24.8. The first-order valence-electron chi connectivity index (χ1n) is 9.33. The van der Waals surface area contributed by atoms with Crippen LogP contribution in [0.5, 0.6) is 0 Å². The van der Waals surface area contributed by atoms with E-state index in [1.807, 2.05) is 63.2 Å². The molecule has 0 aromatic heterocycles. The molecule has 4 nitrogen and oxygen atoms in total. The Bertz CT molecular complexity index is 806. The summed E-state index contributed by atoms with van der Waals surface area (Å²) in [6.07, 6.45) is 2.94. The number of rotatable bonds is 4. The number of alkyl carbamates (subject to hydrolysis) is 1. The van der Waals surface area contributed by atoms with E-state index >= 15 is 0 Å². The van der Waals surface area contributed by atoms with E-state index < -0.39 is 11.7 Å². The van der Waals surface area contributed by atoms with Crippen molar-refractivity contribution in [1.82, 2.24) is 5.32 Å². The van der Waals surface area contributed by atoms with Gasteiger partial charge < -0.3 is 10.1 Å². The van der Waals surface area contributed by atoms with Crippen molar-refractivity contribution < 1.29 is 14.3 Å². The minimum atomic E-state index is -0.515. The number of carbonyl (C=O) groups is 2. The van der Waals surface area contributed by atoms with E-state index in [1.165, 1.54) is 0 Å². The van der Waals surface area contributed by atoms with Crippen LogP contribution in [0, 0.1) is 5.92 Å². The van der Waals surface area contributed by atoms with Gasteiger partial charge in [-0.15, -0.1) is 0 Å². The number of ether oxygens (including phenoxy) is 1. The molecule has 1 amide bonds. The smallest absolute Gasteiger partial charge is 0.407 e. The van der Waals surface area contributed by atoms with Gasteiger partial charge in [0.25, 0.3) is 0 Å². The van der Waals surface area contributed by atoms with E-state index in [1.54, 1.807) is 0 Å². The number of hydrogen-bond acceptors (Lipinski definition) is 3. The van der Waals surface area contributed by atoms with Crippen molar-refractivity contribution in [3.63, 3.8) is 0 Å². The van der Waals surface area contributed by atoms with E-state index in [0.717, 1.165) is 35.6 Å². The SMILES string of the molecule is CC(C)(C)OC(=O)N[C@@H]1CCC[C@@H]1CC(=O)c1ccc2ccccc2c1. The molecule has 3 rings (SSSR count). The zero-order valence-electron chi connectivity index (χ0n) is 15.7. The van der Waals surface area contributed by atoms with Crippen LogP contribution in [0.3, 0.4) is 0 Å². The highest BCUT2D eigenvalue weighted by Gasteiger charge is 2.31. The summed E-state index contributed by atoms with van der Waals surface area (Å²) in [6, 6.07) is 13.9. The number of benzene rings is 2. The third kappa shape index (κ3) is 4.63. The van der Waals surface area contributed by atoms with Gasteiger partial charge in [0.2, 0.25) is 0 Å². The summed E-state index contributed by atoms with van der Waals surface area (Å²) in [5.41, 5.74) is 0.227. The minimum absolute atomic E-state index is 0.00857. The lowest BCUT2D eigenvalue weighted by atomic mass is 9.93. The maximum Gasteiger partial charge on any atom is 0.407 e. The molecule has 1 fully saturated rings. The van der Waals surface area contributed by atoms with Crippen LogP contribution in [0.4, 0.5) is 4.79 Å². The molecule has 2 atom stereocenters. The first-order valence-corrected chi connectivity index (χ1v) is 9.33. The average Bonchev–Trinajstić information content (AvgIpc) is 2.99. The summed E-state index contributed by atoms with van der Waals surface area (Å²) in [5, 5.41) is 5.17. The van der Waals surface area contributed by atoms with Crippen LogP contribution in [-0.2, 0) is 4.74 Å². The zero-order chi connectivity index (χ0) is 18.7. The summed E-state index contributed by atoms with van der Waals surface area (Å²) in [7, 11) is 0. The molecule has 0 aliphatic heterocycles. The standard InChI is InChI=1S/C22H27NO3/c1-22(2,3)26-21(25)23-19-10-6-9-17(19)14-20(24)18-12-11-15-7-4-5-8-16(15)13-18/h4-5,7-8,11-13,17,19H,6,9-10,14H2,1-3H3,(H,23,25)/t17-,19-/m1/s1. The summed E-state index contributed by atoms with van der Waals surface area (Å²) in [6.45, 7) is 5.55. The van der Waals surface area contributed by atoms with E-state index in [4.69, 9.17) is 4.74 Å². The predicted molar refractivity (Wildman–Crippen MR) is 103 cm³/mol. The van der Waals surface area contributed by atoms with Gasteiger partial charge in [-0.3, -0.25) is 4.79 Å². The van der Waals surface area contributed by atoms with Crippen LogP contribution in [0.2, 0.25) is 0 Å². The van der Waals surface area contributed by atoms with Gasteiger partial charge >= 0.3 is 6.09 Å². The van der Waals surface area contributed by atoms with Gasteiger partial charge in [-0.05, 0) is 56.4 Å². The van der Waals surface area contributed by atoms with Gasteiger partial charge in [0.1, 0.15) is 5.60 Å². The molecule has 1 aliphatic carbocycles. The molecule has 4 heteroatoms. The maximum atomic E-state index is 12.8. The molecule has 1 saturated carbocycles. The molecule has 0 unspecified atom stereocenters. The Labute approximate surface area is 154 Å². The molecule has 0 bridgehead atoms. The lowest BCUT2D eigenvalue weighted by Gasteiger charge is -2.24. The first kappa shape index (κ1) is 18.4. The van der Waals surface area contributed by atoms with Gasteiger partial charge in [-0.1, -0.05) is 42.8 Å². The number of ketones is 1. The Kier molecular flexibility index (Phi) is 5.30. The number of nitrogens with one attached hydrogen (secondary N) is 1. The third-order valence-corrected chi connectivity index (χ3v) is 4.88. The van der Waals surface area contributed by atoms with Crippen molar-refractivity contribution in [1.29, 1.82) is 0 Å². The molecule has 0 saturated heterocycles. The van der Waals surface area contributed by atoms with Crippen molar-refractivity contribution in [2.24, 2.45) is 5.92 Å². The zero-order valence-corrected chi connectivity index (χ0v) is 15.7. The Morgan fingerprint density at radius 1 is 1.08 bits per heavy atom. The number of amides is 1. The molecule has 0 radical (unpaired) electrons. The Balaban J connectivity index is 1.64. The van der Waals surface area contributed by atoms with E-state index in [-0.39, 0.29) is 17.7 Å². The normalized spacial score (nSPS) is 20.1. The third-order valence-electron chi connectivity index (χ3n) is 4.88. The summed E-state index contributed by atoms with van der Waals surface area (Å²) in [5.74, 6) is 0.306. The van der Waals surface area contributed by atoms with Crippen LogP contribution in [0.25, 0.3) is 10.8 Å². The maximum absolute atomic E-state index is 12.8. The van der Waals surface area contributed by atoms with Gasteiger partial charge in [-0.2, -0.15) is 0 Å². The van der Waals surface area contributed by atoms with Crippen molar-refractivity contribution >= 4 is 22.6 Å². The molecule has 138 valence electrons. The van der Waals surface area contributed by atoms with E-state index in [0.29, 0.717) is 6.42 Å². The quantitative estimate of drug-likeness (QED) is 0.778. The largest absolute Gasteiger partial charge is 0.444 e. The van der Waals surface area contributed by atoms with Gasteiger partial charge in [0.15, 0.2) is 5.78 Å². The predicted octanol–water partition coefficient (Wildman–Crippen LogP) is 5.11. The molecule has 2 aromatic rings. The van der Waals surface area contributed by atoms with Gasteiger partial charge in [0.05, 0.1) is 0 Å². The monoisotopic (exact) mass is 353 g/mol. The van der Waals surface area contributed by atoms with Crippen molar-refractivity contribution in [3.8, 4) is 0 Å². The second-order valence-corrected chi connectivity index (χ2v) is 8.13. The molecule has 0 spiro atoms. The lowest BCUT2D eigenvalue weighted by molar-refractivity contribution is 0.0489. The second kappa shape index (κ2) is 7.48. The highest BCUT2D eigenvalue weighted by Crippen LogP contribution is 2.30. The second-order valence-electron chi connectivity index (χ2n) is 8.13. The fourth-order valence-electron chi connectivity index (χ4n) is 3.65. The van der Waals surface area contributed by atoms with Crippen LogP contribution in [-0.4, -0.2) is 23.5 Å². The number of hydrogen-bond donors (Lipinski definition) is 1. The highest BCUT2D eigenvalue weighted by molar-refractivity contribution is 6.00. The average molecular weight is 353 g/mol. The minimum Gasteiger partial charge on any atom is -0.444 e.